The predicted molar refractivity (Wildman–Crippen MR) is 63.7 cm³/mol. The number of phenols is 1. The zero-order chi connectivity index (χ0) is 14.6. The molecular formula is C11H12N2O6. The van der Waals surface area contributed by atoms with Crippen LogP contribution < -0.4 is 5.32 Å². The van der Waals surface area contributed by atoms with Crippen molar-refractivity contribution in [2.24, 2.45) is 0 Å². The highest BCUT2D eigenvalue weighted by Crippen LogP contribution is 2.26. The van der Waals surface area contributed by atoms with E-state index in [0.717, 1.165) is 12.1 Å². The quantitative estimate of drug-likeness (QED) is 0.524. The van der Waals surface area contributed by atoms with E-state index in [4.69, 9.17) is 5.11 Å². The Morgan fingerprint density at radius 3 is 2.58 bits per heavy atom. The number of hydrogen-bond acceptors (Lipinski definition) is 5. The fourth-order valence-corrected chi connectivity index (χ4v) is 1.52. The van der Waals surface area contributed by atoms with Gasteiger partial charge in [-0.3, -0.25) is 14.9 Å². The number of benzene rings is 1. The van der Waals surface area contributed by atoms with Crippen molar-refractivity contribution >= 4 is 17.6 Å². The Hall–Kier alpha value is -2.64. The van der Waals surface area contributed by atoms with E-state index in [0.29, 0.717) is 5.56 Å². The number of carboxylic acids is 1. The monoisotopic (exact) mass is 268 g/mol. The molecule has 0 unspecified atom stereocenters. The van der Waals surface area contributed by atoms with Gasteiger partial charge in [-0.25, -0.2) is 4.79 Å². The number of carbonyl (C=O) groups excluding carboxylic acids is 1. The van der Waals surface area contributed by atoms with Gasteiger partial charge in [0, 0.05) is 19.4 Å². The largest absolute Gasteiger partial charge is 0.502 e. The van der Waals surface area contributed by atoms with E-state index in [1.165, 1.54) is 13.0 Å². The SMILES string of the molecule is CC(=O)N[C@H](Cc1ccc(O)c([N+](=O)[O-])c1)C(=O)O. The Morgan fingerprint density at radius 2 is 2.11 bits per heavy atom. The van der Waals surface area contributed by atoms with Crippen LogP contribution >= 0.6 is 0 Å². The molecule has 0 aliphatic heterocycles. The molecule has 0 aromatic heterocycles. The lowest BCUT2D eigenvalue weighted by molar-refractivity contribution is -0.385. The second-order valence-corrected chi connectivity index (χ2v) is 3.88. The maximum absolute atomic E-state index is 10.9. The number of nitro groups is 1. The third-order valence-corrected chi connectivity index (χ3v) is 2.35. The van der Waals surface area contributed by atoms with Gasteiger partial charge in [-0.15, -0.1) is 0 Å². The Labute approximate surface area is 107 Å². The molecule has 0 radical (unpaired) electrons. The van der Waals surface area contributed by atoms with E-state index in [2.05, 4.69) is 5.32 Å². The Bertz CT molecular complexity index is 528. The van der Waals surface area contributed by atoms with E-state index in [1.807, 2.05) is 0 Å². The van der Waals surface area contributed by atoms with Crippen LogP contribution in [0.2, 0.25) is 0 Å². The number of amides is 1. The zero-order valence-corrected chi connectivity index (χ0v) is 9.99. The van der Waals surface area contributed by atoms with Gasteiger partial charge in [0.25, 0.3) is 0 Å². The van der Waals surface area contributed by atoms with Gasteiger partial charge in [0.2, 0.25) is 5.91 Å². The van der Waals surface area contributed by atoms with Gasteiger partial charge >= 0.3 is 11.7 Å². The van der Waals surface area contributed by atoms with Crippen molar-refractivity contribution in [2.45, 2.75) is 19.4 Å². The van der Waals surface area contributed by atoms with Gasteiger partial charge in [-0.05, 0) is 11.6 Å². The lowest BCUT2D eigenvalue weighted by Gasteiger charge is -2.13. The summed E-state index contributed by atoms with van der Waals surface area (Å²) in [4.78, 5) is 31.6. The molecule has 0 saturated heterocycles. The zero-order valence-electron chi connectivity index (χ0n) is 9.99. The number of rotatable bonds is 5. The number of carboxylic acid groups (broad SMARTS) is 1. The maximum Gasteiger partial charge on any atom is 0.326 e. The van der Waals surface area contributed by atoms with E-state index in [1.54, 1.807) is 0 Å². The van der Waals surface area contributed by atoms with Gasteiger partial charge < -0.3 is 15.5 Å². The first kappa shape index (κ1) is 14.4. The minimum absolute atomic E-state index is 0.115. The molecule has 8 nitrogen and oxygen atoms in total. The molecule has 1 rings (SSSR count). The molecule has 102 valence electrons. The smallest absolute Gasteiger partial charge is 0.326 e. The highest BCUT2D eigenvalue weighted by molar-refractivity contribution is 5.82. The maximum atomic E-state index is 10.9. The molecule has 3 N–H and O–H groups in total. The van der Waals surface area contributed by atoms with Gasteiger partial charge in [0.1, 0.15) is 6.04 Å². The number of aromatic hydroxyl groups is 1. The molecule has 0 aliphatic carbocycles. The van der Waals surface area contributed by atoms with Crippen molar-refractivity contribution in [1.82, 2.24) is 5.32 Å². The molecule has 1 aromatic rings. The van der Waals surface area contributed by atoms with Crippen LogP contribution in [0.1, 0.15) is 12.5 Å². The van der Waals surface area contributed by atoms with E-state index >= 15 is 0 Å². The highest BCUT2D eigenvalue weighted by atomic mass is 16.6. The molecule has 1 amide bonds. The molecule has 0 saturated carbocycles. The van der Waals surface area contributed by atoms with Gasteiger partial charge in [0.05, 0.1) is 4.92 Å². The number of aliphatic carboxylic acids is 1. The first-order chi connectivity index (χ1) is 8.81. The molecule has 0 bridgehead atoms. The number of nitrogens with zero attached hydrogens (tertiary/aromatic N) is 1. The summed E-state index contributed by atoms with van der Waals surface area (Å²) in [6.07, 6.45) is -0.115. The van der Waals surface area contributed by atoms with Crippen molar-refractivity contribution < 1.29 is 24.7 Å². The molecule has 0 heterocycles. The first-order valence-electron chi connectivity index (χ1n) is 5.27. The number of carbonyl (C=O) groups is 2. The highest BCUT2D eigenvalue weighted by Gasteiger charge is 2.21. The van der Waals surface area contributed by atoms with Crippen molar-refractivity contribution in [1.29, 1.82) is 0 Å². The summed E-state index contributed by atoms with van der Waals surface area (Å²) in [5.41, 5.74) is -0.185. The summed E-state index contributed by atoms with van der Waals surface area (Å²) in [6, 6.07) is 2.37. The summed E-state index contributed by atoms with van der Waals surface area (Å²) >= 11 is 0. The minimum Gasteiger partial charge on any atom is -0.502 e. The number of nitro benzene ring substituents is 1. The topological polar surface area (TPSA) is 130 Å². The van der Waals surface area contributed by atoms with Crippen LogP contribution in [0, 0.1) is 10.1 Å². The molecule has 1 aromatic carbocycles. The number of phenolic OH excluding ortho intramolecular Hbond substituents is 1. The molecule has 19 heavy (non-hydrogen) atoms. The van der Waals surface area contributed by atoms with Gasteiger partial charge in [-0.2, -0.15) is 0 Å². The lowest BCUT2D eigenvalue weighted by Crippen LogP contribution is -2.41. The van der Waals surface area contributed by atoms with Crippen molar-refractivity contribution in [3.8, 4) is 5.75 Å². The molecule has 1 atom stereocenters. The molecular weight excluding hydrogens is 256 g/mol. The second-order valence-electron chi connectivity index (χ2n) is 3.88. The summed E-state index contributed by atoms with van der Waals surface area (Å²) in [7, 11) is 0. The minimum atomic E-state index is -1.24. The van der Waals surface area contributed by atoms with Gasteiger partial charge in [0.15, 0.2) is 5.75 Å². The van der Waals surface area contributed by atoms with Crippen LogP contribution in [-0.2, 0) is 16.0 Å². The molecule has 0 fully saturated rings. The van der Waals surface area contributed by atoms with E-state index in [9.17, 15) is 24.8 Å². The summed E-state index contributed by atoms with van der Waals surface area (Å²) < 4.78 is 0. The average molecular weight is 268 g/mol. The van der Waals surface area contributed by atoms with Crippen LogP contribution in [0.4, 0.5) is 5.69 Å². The Morgan fingerprint density at radius 1 is 1.47 bits per heavy atom. The lowest BCUT2D eigenvalue weighted by atomic mass is 10.0. The Balaban J connectivity index is 2.97. The predicted octanol–water partition coefficient (Wildman–Crippen LogP) is 0.432. The third kappa shape index (κ3) is 3.95. The summed E-state index contributed by atoms with van der Waals surface area (Å²) in [5.74, 6) is -2.26. The Kier molecular flexibility index (Phi) is 4.41. The van der Waals surface area contributed by atoms with Crippen molar-refractivity contribution in [2.75, 3.05) is 0 Å². The molecule has 0 aliphatic rings. The van der Waals surface area contributed by atoms with Crippen LogP contribution in [0.3, 0.4) is 0 Å². The van der Waals surface area contributed by atoms with Crippen LogP contribution in [0.25, 0.3) is 0 Å². The molecule has 8 heteroatoms. The molecule has 0 spiro atoms. The standard InChI is InChI=1S/C11H12N2O6/c1-6(14)12-8(11(16)17)4-7-2-3-10(15)9(5-7)13(18)19/h2-3,5,8,15H,4H2,1H3,(H,12,14)(H,16,17)/t8-/m1/s1. The van der Waals surface area contributed by atoms with Crippen LogP contribution in [0.5, 0.6) is 5.75 Å². The fourth-order valence-electron chi connectivity index (χ4n) is 1.52. The third-order valence-electron chi connectivity index (χ3n) is 2.35. The van der Waals surface area contributed by atoms with Crippen LogP contribution in [-0.4, -0.2) is 33.1 Å². The number of hydrogen-bond donors (Lipinski definition) is 3. The van der Waals surface area contributed by atoms with Crippen LogP contribution in [0.15, 0.2) is 18.2 Å². The second kappa shape index (κ2) is 5.80. The normalized spacial score (nSPS) is 11.6. The van der Waals surface area contributed by atoms with E-state index < -0.39 is 34.3 Å². The summed E-state index contributed by atoms with van der Waals surface area (Å²) in [5, 5.41) is 31.0. The fraction of sp³-hybridized carbons (Fsp3) is 0.273. The first-order valence-corrected chi connectivity index (χ1v) is 5.27. The summed E-state index contributed by atoms with van der Waals surface area (Å²) in [6.45, 7) is 1.18. The van der Waals surface area contributed by atoms with Gasteiger partial charge in [-0.1, -0.05) is 6.07 Å². The number of nitrogens with one attached hydrogen (secondary N) is 1. The van der Waals surface area contributed by atoms with Crippen molar-refractivity contribution in [3.63, 3.8) is 0 Å². The average Bonchev–Trinajstić information content (AvgIpc) is 2.29. The van der Waals surface area contributed by atoms with Crippen molar-refractivity contribution in [3.05, 3.63) is 33.9 Å². The van der Waals surface area contributed by atoms with E-state index in [-0.39, 0.29) is 6.42 Å².